The molecule has 1 amide bonds. The number of nitrogens with zero attached hydrogens (tertiary/aromatic N) is 2. The normalized spacial score (nSPS) is 11.2. The van der Waals surface area contributed by atoms with Gasteiger partial charge in [0.1, 0.15) is 0 Å². The van der Waals surface area contributed by atoms with Crippen LogP contribution in [0, 0.1) is 0 Å². The van der Waals surface area contributed by atoms with Crippen molar-refractivity contribution in [3.63, 3.8) is 0 Å². The number of thiazole rings is 1. The molecule has 0 radical (unpaired) electrons. The Morgan fingerprint density at radius 2 is 1.88 bits per heavy atom. The predicted octanol–water partition coefficient (Wildman–Crippen LogP) is 2.85. The van der Waals surface area contributed by atoms with Crippen molar-refractivity contribution in [1.29, 1.82) is 0 Å². The highest BCUT2D eigenvalue weighted by atomic mass is 79.9. The molecule has 0 atom stereocenters. The Morgan fingerprint density at radius 3 is 2.54 bits per heavy atom. The second kappa shape index (κ2) is 7.42. The molecule has 4 nitrogen and oxygen atoms in total. The van der Waals surface area contributed by atoms with Gasteiger partial charge in [-0.1, -0.05) is 39.4 Å². The summed E-state index contributed by atoms with van der Waals surface area (Å²) in [7, 11) is 4.17. The Labute approximate surface area is 153 Å². The van der Waals surface area contributed by atoms with E-state index in [9.17, 15) is 4.79 Å². The molecule has 3 rings (SSSR count). The van der Waals surface area contributed by atoms with Crippen LogP contribution in [0.3, 0.4) is 0 Å². The number of benzene rings is 2. The Bertz CT molecular complexity index is 812. The summed E-state index contributed by atoms with van der Waals surface area (Å²) in [6, 6.07) is 15.4. The molecule has 124 valence electrons. The molecule has 0 aliphatic heterocycles. The number of fused-ring (bicyclic) bond motifs is 1. The Morgan fingerprint density at radius 1 is 1.17 bits per heavy atom. The van der Waals surface area contributed by atoms with Gasteiger partial charge in [0.25, 0.3) is 5.91 Å². The summed E-state index contributed by atoms with van der Waals surface area (Å²) in [6.45, 7) is 1.50. The molecule has 0 fully saturated rings. The van der Waals surface area contributed by atoms with Gasteiger partial charge in [0, 0.05) is 10.0 Å². The lowest BCUT2D eigenvalue weighted by atomic mass is 10.2. The number of quaternary nitrogens is 1. The fourth-order valence-electron chi connectivity index (χ4n) is 2.34. The summed E-state index contributed by atoms with van der Waals surface area (Å²) in [4.78, 5) is 20.8. The van der Waals surface area contributed by atoms with Gasteiger partial charge >= 0.3 is 0 Å². The number of carbonyl (C=O) groups excluding carboxylic acids is 1. The molecule has 0 aliphatic carbocycles. The molecule has 0 aliphatic rings. The van der Waals surface area contributed by atoms with Crippen molar-refractivity contribution in [2.24, 2.45) is 0 Å². The zero-order valence-corrected chi connectivity index (χ0v) is 16.0. The van der Waals surface area contributed by atoms with E-state index in [1.807, 2.05) is 48.5 Å². The van der Waals surface area contributed by atoms with Crippen LogP contribution in [-0.4, -0.2) is 38.1 Å². The number of aromatic nitrogens is 1. The average molecular weight is 405 g/mol. The summed E-state index contributed by atoms with van der Waals surface area (Å²) in [5.74, 6) is -0.0113. The third-order valence-electron chi connectivity index (χ3n) is 3.69. The number of anilines is 1. The highest BCUT2D eigenvalue weighted by Crippen LogP contribution is 2.29. The molecule has 1 heterocycles. The summed E-state index contributed by atoms with van der Waals surface area (Å²) in [6.07, 6.45) is 0. The van der Waals surface area contributed by atoms with E-state index in [1.165, 1.54) is 4.90 Å². The number of halogens is 1. The molecule has 24 heavy (non-hydrogen) atoms. The molecule has 0 unspecified atom stereocenters. The number of hydrogen-bond acceptors (Lipinski definition) is 3. The Balaban J connectivity index is 1.95. The van der Waals surface area contributed by atoms with Crippen molar-refractivity contribution < 1.29 is 9.69 Å². The average Bonchev–Trinajstić information content (AvgIpc) is 2.99. The monoisotopic (exact) mass is 404 g/mol. The van der Waals surface area contributed by atoms with Crippen LogP contribution >= 0.6 is 27.3 Å². The first-order valence-corrected chi connectivity index (χ1v) is 9.37. The van der Waals surface area contributed by atoms with Crippen LogP contribution in [0.15, 0.2) is 53.0 Å². The van der Waals surface area contributed by atoms with Gasteiger partial charge in [-0.3, -0.25) is 9.69 Å². The number of nitrogens with one attached hydrogen (secondary N) is 1. The van der Waals surface area contributed by atoms with Crippen molar-refractivity contribution in [1.82, 2.24) is 4.98 Å². The number of carbonyl (C=O) groups is 1. The minimum Gasteiger partial charge on any atom is -0.338 e. The van der Waals surface area contributed by atoms with Crippen molar-refractivity contribution in [3.05, 3.63) is 58.6 Å². The lowest BCUT2D eigenvalue weighted by Crippen LogP contribution is -3.06. The minimum absolute atomic E-state index is 0.0113. The van der Waals surface area contributed by atoms with E-state index in [4.69, 9.17) is 0 Å². The maximum absolute atomic E-state index is 13.0. The van der Waals surface area contributed by atoms with Gasteiger partial charge in [0.05, 0.1) is 37.4 Å². The van der Waals surface area contributed by atoms with Gasteiger partial charge < -0.3 is 4.90 Å². The summed E-state index contributed by atoms with van der Waals surface area (Å²) in [5.41, 5.74) is 1.61. The van der Waals surface area contributed by atoms with Crippen LogP contribution in [0.2, 0.25) is 0 Å². The molecule has 0 bridgehead atoms. The van der Waals surface area contributed by atoms with Crippen LogP contribution in [0.25, 0.3) is 10.2 Å². The van der Waals surface area contributed by atoms with Crippen LogP contribution in [0.5, 0.6) is 0 Å². The maximum atomic E-state index is 13.0. The SMILES string of the molecule is C[NH+](C)CCN(C(=O)c1ccc(Br)cc1)c1nc2ccccc2s1. The van der Waals surface area contributed by atoms with E-state index in [1.54, 1.807) is 16.2 Å². The van der Waals surface area contributed by atoms with Gasteiger partial charge in [-0.25, -0.2) is 4.98 Å². The molecular weight excluding hydrogens is 386 g/mol. The smallest absolute Gasteiger partial charge is 0.260 e. The van der Waals surface area contributed by atoms with Gasteiger partial charge in [-0.2, -0.15) is 0 Å². The van der Waals surface area contributed by atoms with E-state index >= 15 is 0 Å². The predicted molar refractivity (Wildman–Crippen MR) is 103 cm³/mol. The number of rotatable bonds is 5. The lowest BCUT2D eigenvalue weighted by Gasteiger charge is -2.20. The lowest BCUT2D eigenvalue weighted by molar-refractivity contribution is -0.856. The molecule has 1 N–H and O–H groups in total. The number of amides is 1. The van der Waals surface area contributed by atoms with E-state index < -0.39 is 0 Å². The van der Waals surface area contributed by atoms with E-state index in [0.717, 1.165) is 26.4 Å². The summed E-state index contributed by atoms with van der Waals surface area (Å²) in [5, 5.41) is 0.755. The first-order chi connectivity index (χ1) is 11.5. The third-order valence-corrected chi connectivity index (χ3v) is 5.27. The standard InChI is InChI=1S/C18H18BrN3OS/c1-21(2)11-12-22(17(23)13-7-9-14(19)10-8-13)18-20-15-5-3-4-6-16(15)24-18/h3-10H,11-12H2,1-2H3/p+1. The van der Waals surface area contributed by atoms with Crippen LogP contribution in [-0.2, 0) is 0 Å². The number of para-hydroxylation sites is 1. The number of hydrogen-bond donors (Lipinski definition) is 1. The molecule has 1 aromatic heterocycles. The maximum Gasteiger partial charge on any atom is 0.260 e. The van der Waals surface area contributed by atoms with Crippen LogP contribution < -0.4 is 9.80 Å². The van der Waals surface area contributed by atoms with Gasteiger partial charge in [-0.05, 0) is 36.4 Å². The van der Waals surface area contributed by atoms with Crippen molar-refractivity contribution in [2.45, 2.75) is 0 Å². The number of likely N-dealkylation sites (N-methyl/N-ethyl adjacent to an activating group) is 1. The largest absolute Gasteiger partial charge is 0.338 e. The van der Waals surface area contributed by atoms with Gasteiger partial charge in [0.2, 0.25) is 0 Å². The fraction of sp³-hybridized carbons (Fsp3) is 0.222. The van der Waals surface area contributed by atoms with Crippen molar-refractivity contribution >= 4 is 48.5 Å². The zero-order valence-electron chi connectivity index (χ0n) is 13.6. The van der Waals surface area contributed by atoms with Crippen LogP contribution in [0.4, 0.5) is 5.13 Å². The molecular formula is C18H19BrN3OS+. The molecule has 6 heteroatoms. The Hall–Kier alpha value is -1.76. The second-order valence-corrected chi connectivity index (χ2v) is 7.81. The molecule has 0 saturated carbocycles. The highest BCUT2D eigenvalue weighted by Gasteiger charge is 2.22. The molecule has 2 aromatic carbocycles. The fourth-order valence-corrected chi connectivity index (χ4v) is 3.60. The first kappa shape index (κ1) is 17.1. The summed E-state index contributed by atoms with van der Waals surface area (Å²) >= 11 is 4.97. The second-order valence-electron chi connectivity index (χ2n) is 5.88. The van der Waals surface area contributed by atoms with Crippen molar-refractivity contribution in [3.8, 4) is 0 Å². The molecule has 3 aromatic rings. The zero-order chi connectivity index (χ0) is 17.1. The van der Waals surface area contributed by atoms with E-state index in [-0.39, 0.29) is 5.91 Å². The topological polar surface area (TPSA) is 37.6 Å². The Kier molecular flexibility index (Phi) is 5.28. The van der Waals surface area contributed by atoms with E-state index in [2.05, 4.69) is 35.0 Å². The van der Waals surface area contributed by atoms with Gasteiger partial charge in [-0.15, -0.1) is 0 Å². The highest BCUT2D eigenvalue weighted by molar-refractivity contribution is 9.10. The van der Waals surface area contributed by atoms with E-state index in [0.29, 0.717) is 12.1 Å². The van der Waals surface area contributed by atoms with Crippen LogP contribution in [0.1, 0.15) is 10.4 Å². The first-order valence-electron chi connectivity index (χ1n) is 7.76. The van der Waals surface area contributed by atoms with Gasteiger partial charge in [0.15, 0.2) is 5.13 Å². The summed E-state index contributed by atoms with van der Waals surface area (Å²) < 4.78 is 2.06. The molecule has 0 spiro atoms. The van der Waals surface area contributed by atoms with Crippen molar-refractivity contribution in [2.75, 3.05) is 32.1 Å². The quantitative estimate of drug-likeness (QED) is 0.709. The minimum atomic E-state index is -0.0113. The third kappa shape index (κ3) is 3.83. The molecule has 0 saturated heterocycles.